The Morgan fingerprint density at radius 3 is 2.75 bits per heavy atom. The zero-order valence-corrected chi connectivity index (χ0v) is 12.6. The highest BCUT2D eigenvalue weighted by atomic mass is 19.1. The van der Waals surface area contributed by atoms with E-state index >= 15 is 0 Å². The van der Waals surface area contributed by atoms with Crippen molar-refractivity contribution in [1.82, 2.24) is 10.3 Å². The van der Waals surface area contributed by atoms with Crippen LogP contribution in [0.4, 0.5) is 4.39 Å². The van der Waals surface area contributed by atoms with Crippen molar-refractivity contribution in [3.05, 3.63) is 71.9 Å². The van der Waals surface area contributed by atoms with Gasteiger partial charge in [0, 0.05) is 18.7 Å². The minimum Gasteiger partial charge on any atom is -0.437 e. The Balaban J connectivity index is 1.56. The molecule has 5 nitrogen and oxygen atoms in total. The number of aromatic nitrogens is 1. The number of hydrogen-bond acceptors (Lipinski definition) is 4. The van der Waals surface area contributed by atoms with Crippen LogP contribution in [0.1, 0.15) is 17.6 Å². The number of aliphatic hydroxyl groups is 1. The Labute approximate surface area is 137 Å². The number of hydrogen-bond donors (Lipinski definition) is 2. The number of benzene rings is 2. The lowest BCUT2D eigenvalue weighted by Gasteiger charge is -2.11. The molecule has 122 valence electrons. The first kappa shape index (κ1) is 15.9. The molecule has 0 saturated carbocycles. The van der Waals surface area contributed by atoms with Crippen LogP contribution in [0.25, 0.3) is 17.2 Å². The van der Waals surface area contributed by atoms with Gasteiger partial charge in [0.15, 0.2) is 5.58 Å². The van der Waals surface area contributed by atoms with Crippen molar-refractivity contribution in [1.29, 1.82) is 0 Å². The molecule has 0 aliphatic heterocycles. The first-order valence-electron chi connectivity index (χ1n) is 7.37. The molecule has 0 bridgehead atoms. The summed E-state index contributed by atoms with van der Waals surface area (Å²) in [4.78, 5) is 16.0. The summed E-state index contributed by atoms with van der Waals surface area (Å²) in [6.07, 6.45) is 1.83. The first-order valence-corrected chi connectivity index (χ1v) is 7.37. The number of fused-ring (bicyclic) bond motifs is 1. The van der Waals surface area contributed by atoms with E-state index in [1.54, 1.807) is 6.07 Å². The largest absolute Gasteiger partial charge is 0.437 e. The molecule has 24 heavy (non-hydrogen) atoms. The fourth-order valence-electron chi connectivity index (χ4n) is 2.17. The number of amides is 1. The SMILES string of the molecule is O=C(/C=C/c1nc2ccccc2o1)NCC(O)c1ccc(F)cc1. The molecule has 3 aromatic rings. The van der Waals surface area contributed by atoms with E-state index in [1.807, 2.05) is 18.2 Å². The molecule has 1 aromatic heterocycles. The smallest absolute Gasteiger partial charge is 0.244 e. The molecule has 0 saturated heterocycles. The van der Waals surface area contributed by atoms with Gasteiger partial charge in [-0.2, -0.15) is 0 Å². The minimum absolute atomic E-state index is 0.0162. The first-order chi connectivity index (χ1) is 11.6. The fraction of sp³-hybridized carbons (Fsp3) is 0.111. The van der Waals surface area contributed by atoms with Crippen LogP contribution in [0.15, 0.2) is 59.0 Å². The molecular formula is C18H15FN2O3. The number of aliphatic hydroxyl groups excluding tert-OH is 1. The summed E-state index contributed by atoms with van der Waals surface area (Å²) in [7, 11) is 0. The molecule has 6 heteroatoms. The molecule has 2 aromatic carbocycles. The molecule has 0 aliphatic rings. The standard InChI is InChI=1S/C18H15FN2O3/c19-13-7-5-12(6-8-13)15(22)11-20-17(23)9-10-18-21-14-3-1-2-4-16(14)24-18/h1-10,15,22H,11H2,(H,20,23)/b10-9+. The molecule has 0 fully saturated rings. The quantitative estimate of drug-likeness (QED) is 0.707. The summed E-state index contributed by atoms with van der Waals surface area (Å²) in [5.74, 6) is -0.444. The number of carbonyl (C=O) groups excluding carboxylic acids is 1. The molecular weight excluding hydrogens is 311 g/mol. The third-order valence-electron chi connectivity index (χ3n) is 3.41. The third-order valence-corrected chi connectivity index (χ3v) is 3.41. The number of para-hydroxylation sites is 2. The molecule has 2 N–H and O–H groups in total. The maximum atomic E-state index is 12.8. The van der Waals surface area contributed by atoms with Crippen LogP contribution in [-0.2, 0) is 4.79 Å². The lowest BCUT2D eigenvalue weighted by molar-refractivity contribution is -0.116. The van der Waals surface area contributed by atoms with Gasteiger partial charge in [-0.3, -0.25) is 4.79 Å². The van der Waals surface area contributed by atoms with Gasteiger partial charge in [0.25, 0.3) is 0 Å². The summed E-state index contributed by atoms with van der Waals surface area (Å²) in [6, 6.07) is 12.8. The van der Waals surface area contributed by atoms with Gasteiger partial charge in [-0.1, -0.05) is 24.3 Å². The lowest BCUT2D eigenvalue weighted by Crippen LogP contribution is -2.26. The van der Waals surface area contributed by atoms with E-state index < -0.39 is 12.0 Å². The van der Waals surface area contributed by atoms with Gasteiger partial charge in [-0.15, -0.1) is 0 Å². The average Bonchev–Trinajstić information content (AvgIpc) is 3.01. The maximum Gasteiger partial charge on any atom is 0.244 e. The van der Waals surface area contributed by atoms with E-state index in [4.69, 9.17) is 4.42 Å². The minimum atomic E-state index is -0.910. The van der Waals surface area contributed by atoms with Crippen molar-refractivity contribution in [3.8, 4) is 0 Å². The summed E-state index contributed by atoms with van der Waals surface area (Å²) >= 11 is 0. The highest BCUT2D eigenvalue weighted by Gasteiger charge is 2.09. The molecule has 3 rings (SSSR count). The van der Waals surface area contributed by atoms with Gasteiger partial charge in [0.1, 0.15) is 11.3 Å². The summed E-state index contributed by atoms with van der Waals surface area (Å²) in [6.45, 7) is 0.0162. The monoisotopic (exact) mass is 326 g/mol. The van der Waals surface area contributed by atoms with Gasteiger partial charge in [0.2, 0.25) is 11.8 Å². The Hall–Kier alpha value is -2.99. The third kappa shape index (κ3) is 3.85. The van der Waals surface area contributed by atoms with E-state index in [1.165, 1.54) is 36.4 Å². The molecule has 1 atom stereocenters. The zero-order chi connectivity index (χ0) is 16.9. The van der Waals surface area contributed by atoms with Crippen LogP contribution in [0.5, 0.6) is 0 Å². The lowest BCUT2D eigenvalue weighted by atomic mass is 10.1. The molecule has 0 radical (unpaired) electrons. The van der Waals surface area contributed by atoms with Crippen molar-refractivity contribution in [2.75, 3.05) is 6.54 Å². The number of oxazole rings is 1. The second kappa shape index (κ2) is 7.06. The van der Waals surface area contributed by atoms with Crippen LogP contribution in [-0.4, -0.2) is 22.5 Å². The highest BCUT2D eigenvalue weighted by Crippen LogP contribution is 2.15. The number of carbonyl (C=O) groups is 1. The van der Waals surface area contributed by atoms with E-state index in [-0.39, 0.29) is 12.4 Å². The van der Waals surface area contributed by atoms with Crippen LogP contribution in [0.2, 0.25) is 0 Å². The summed E-state index contributed by atoms with van der Waals surface area (Å²) in [5.41, 5.74) is 1.88. The number of nitrogens with zero attached hydrogens (tertiary/aromatic N) is 1. The second-order valence-electron chi connectivity index (χ2n) is 5.17. The zero-order valence-electron chi connectivity index (χ0n) is 12.6. The predicted molar refractivity (Wildman–Crippen MR) is 87.4 cm³/mol. The van der Waals surface area contributed by atoms with Gasteiger partial charge in [-0.05, 0) is 29.8 Å². The maximum absolute atomic E-state index is 12.8. The van der Waals surface area contributed by atoms with E-state index in [0.29, 0.717) is 22.6 Å². The molecule has 1 heterocycles. The van der Waals surface area contributed by atoms with Gasteiger partial charge in [-0.25, -0.2) is 9.37 Å². The van der Waals surface area contributed by atoms with Crippen molar-refractivity contribution < 1.29 is 18.7 Å². The van der Waals surface area contributed by atoms with Crippen molar-refractivity contribution in [2.24, 2.45) is 0 Å². The molecule has 1 amide bonds. The Bertz CT molecular complexity index is 838. The van der Waals surface area contributed by atoms with E-state index in [9.17, 15) is 14.3 Å². The second-order valence-corrected chi connectivity index (χ2v) is 5.17. The normalized spacial score (nSPS) is 12.6. The predicted octanol–water partition coefficient (Wildman–Crippen LogP) is 2.83. The molecule has 0 aliphatic carbocycles. The van der Waals surface area contributed by atoms with Gasteiger partial charge in [0.05, 0.1) is 6.10 Å². The highest BCUT2D eigenvalue weighted by molar-refractivity contribution is 5.91. The Morgan fingerprint density at radius 1 is 1.25 bits per heavy atom. The Morgan fingerprint density at radius 2 is 2.00 bits per heavy atom. The van der Waals surface area contributed by atoms with Crippen molar-refractivity contribution in [3.63, 3.8) is 0 Å². The number of nitrogens with one attached hydrogen (secondary N) is 1. The fourth-order valence-corrected chi connectivity index (χ4v) is 2.17. The molecule has 0 spiro atoms. The van der Waals surface area contributed by atoms with Crippen molar-refractivity contribution >= 4 is 23.1 Å². The van der Waals surface area contributed by atoms with Crippen LogP contribution < -0.4 is 5.32 Å². The van der Waals surface area contributed by atoms with Crippen molar-refractivity contribution in [2.45, 2.75) is 6.10 Å². The number of rotatable bonds is 5. The number of halogens is 1. The van der Waals surface area contributed by atoms with E-state index in [0.717, 1.165) is 0 Å². The molecule has 1 unspecified atom stereocenters. The van der Waals surface area contributed by atoms with Crippen LogP contribution >= 0.6 is 0 Å². The van der Waals surface area contributed by atoms with Crippen LogP contribution in [0, 0.1) is 5.82 Å². The van der Waals surface area contributed by atoms with Gasteiger partial charge >= 0.3 is 0 Å². The topological polar surface area (TPSA) is 75.4 Å². The van der Waals surface area contributed by atoms with Crippen LogP contribution in [0.3, 0.4) is 0 Å². The summed E-state index contributed by atoms with van der Waals surface area (Å²) < 4.78 is 18.3. The summed E-state index contributed by atoms with van der Waals surface area (Å²) in [5, 5.41) is 12.5. The average molecular weight is 326 g/mol. The van der Waals surface area contributed by atoms with E-state index in [2.05, 4.69) is 10.3 Å². The van der Waals surface area contributed by atoms with Gasteiger partial charge < -0.3 is 14.8 Å². The Kier molecular flexibility index (Phi) is 4.67.